The van der Waals surface area contributed by atoms with Gasteiger partial charge in [0.2, 0.25) is 0 Å². The van der Waals surface area contributed by atoms with Gasteiger partial charge in [-0.2, -0.15) is 0 Å². The first-order valence-electron chi connectivity index (χ1n) is 8.25. The molecule has 0 amide bonds. The number of nitrogens with zero attached hydrogens (tertiary/aromatic N) is 1. The molecule has 1 unspecified atom stereocenters. The fourth-order valence-corrected chi connectivity index (χ4v) is 3.33. The summed E-state index contributed by atoms with van der Waals surface area (Å²) >= 11 is 2.36. The van der Waals surface area contributed by atoms with Gasteiger partial charge in [0.05, 0.1) is 0 Å². The normalized spacial score (nSPS) is 18.5. The maximum Gasteiger partial charge on any atom is 0.0412 e. The van der Waals surface area contributed by atoms with E-state index in [9.17, 15) is 0 Å². The summed E-state index contributed by atoms with van der Waals surface area (Å²) in [5, 5.41) is 3.53. The molecule has 0 aliphatic carbocycles. The van der Waals surface area contributed by atoms with Gasteiger partial charge in [-0.25, -0.2) is 0 Å². The molecule has 23 heavy (non-hydrogen) atoms. The van der Waals surface area contributed by atoms with Crippen LogP contribution in [0.2, 0.25) is 0 Å². The number of halogens is 1. The van der Waals surface area contributed by atoms with E-state index in [0.717, 1.165) is 26.1 Å². The second-order valence-electron chi connectivity index (χ2n) is 5.99. The van der Waals surface area contributed by atoms with Crippen molar-refractivity contribution in [3.05, 3.63) is 75.5 Å². The predicted molar refractivity (Wildman–Crippen MR) is 106 cm³/mol. The number of benzene rings is 2. The van der Waals surface area contributed by atoms with Crippen LogP contribution in [0.1, 0.15) is 17.5 Å². The standard InChI is InChI=1S/C20H23IN2/c21-19-9-6-18(7-10-19)8-11-20-16-22-13-15-23(20)14-12-17-4-2-1-3-5-17/h1-7,9-10,12,14,20,22H,8,11,13,15-16H2. The summed E-state index contributed by atoms with van der Waals surface area (Å²) in [5.74, 6) is 0. The Labute approximate surface area is 152 Å². The van der Waals surface area contributed by atoms with Crippen molar-refractivity contribution < 1.29 is 0 Å². The van der Waals surface area contributed by atoms with E-state index >= 15 is 0 Å². The second-order valence-corrected chi connectivity index (χ2v) is 7.23. The minimum absolute atomic E-state index is 0.572. The molecule has 0 saturated carbocycles. The molecule has 3 rings (SSSR count). The van der Waals surface area contributed by atoms with Crippen LogP contribution in [0.4, 0.5) is 0 Å². The van der Waals surface area contributed by atoms with E-state index < -0.39 is 0 Å². The van der Waals surface area contributed by atoms with E-state index in [1.165, 1.54) is 21.1 Å². The first-order chi connectivity index (χ1) is 11.3. The number of rotatable bonds is 5. The molecule has 0 radical (unpaired) electrons. The minimum atomic E-state index is 0.572. The molecule has 0 aromatic heterocycles. The first-order valence-corrected chi connectivity index (χ1v) is 9.33. The van der Waals surface area contributed by atoms with Crippen molar-refractivity contribution in [1.82, 2.24) is 10.2 Å². The number of hydrogen-bond donors (Lipinski definition) is 1. The fourth-order valence-electron chi connectivity index (χ4n) is 2.97. The highest BCUT2D eigenvalue weighted by atomic mass is 127. The van der Waals surface area contributed by atoms with E-state index in [-0.39, 0.29) is 0 Å². The summed E-state index contributed by atoms with van der Waals surface area (Å²) in [5.41, 5.74) is 2.70. The lowest BCUT2D eigenvalue weighted by molar-refractivity contribution is 0.219. The summed E-state index contributed by atoms with van der Waals surface area (Å²) < 4.78 is 1.30. The van der Waals surface area contributed by atoms with Crippen molar-refractivity contribution in [1.29, 1.82) is 0 Å². The third-order valence-electron chi connectivity index (χ3n) is 4.33. The average molecular weight is 418 g/mol. The maximum absolute atomic E-state index is 3.53. The quantitative estimate of drug-likeness (QED) is 0.734. The highest BCUT2D eigenvalue weighted by Gasteiger charge is 2.18. The number of hydrogen-bond acceptors (Lipinski definition) is 2. The van der Waals surface area contributed by atoms with Gasteiger partial charge < -0.3 is 10.2 Å². The van der Waals surface area contributed by atoms with Gasteiger partial charge in [0.25, 0.3) is 0 Å². The van der Waals surface area contributed by atoms with Crippen molar-refractivity contribution in [3.8, 4) is 0 Å². The lowest BCUT2D eigenvalue weighted by Gasteiger charge is -2.35. The van der Waals surface area contributed by atoms with Crippen molar-refractivity contribution in [2.24, 2.45) is 0 Å². The molecule has 120 valence electrons. The van der Waals surface area contributed by atoms with E-state index in [0.29, 0.717) is 6.04 Å². The van der Waals surface area contributed by atoms with Crippen LogP contribution in [0.5, 0.6) is 0 Å². The monoisotopic (exact) mass is 418 g/mol. The molecular weight excluding hydrogens is 395 g/mol. The Hall–Kier alpha value is -1.33. The van der Waals surface area contributed by atoms with Gasteiger partial charge in [-0.3, -0.25) is 0 Å². The molecule has 1 aliphatic rings. The molecule has 0 bridgehead atoms. The summed E-state index contributed by atoms with van der Waals surface area (Å²) in [6, 6.07) is 20.0. The molecule has 2 aromatic carbocycles. The molecule has 1 atom stereocenters. The topological polar surface area (TPSA) is 15.3 Å². The summed E-state index contributed by atoms with van der Waals surface area (Å²) in [4.78, 5) is 2.50. The Kier molecular flexibility index (Phi) is 6.11. The molecule has 1 saturated heterocycles. The van der Waals surface area contributed by atoms with E-state index in [2.05, 4.69) is 99.7 Å². The molecule has 1 aliphatic heterocycles. The van der Waals surface area contributed by atoms with Crippen molar-refractivity contribution in [2.45, 2.75) is 18.9 Å². The van der Waals surface area contributed by atoms with Crippen LogP contribution in [0.25, 0.3) is 6.08 Å². The van der Waals surface area contributed by atoms with E-state index in [1.54, 1.807) is 0 Å². The zero-order chi connectivity index (χ0) is 15.9. The molecule has 1 heterocycles. The Morgan fingerprint density at radius 3 is 2.65 bits per heavy atom. The first kappa shape index (κ1) is 16.5. The lowest BCUT2D eigenvalue weighted by Crippen LogP contribution is -2.48. The van der Waals surface area contributed by atoms with Crippen LogP contribution >= 0.6 is 22.6 Å². The third kappa shape index (κ3) is 5.08. The number of nitrogens with one attached hydrogen (secondary N) is 1. The van der Waals surface area contributed by atoms with Gasteiger partial charge in [0.1, 0.15) is 0 Å². The Morgan fingerprint density at radius 1 is 1.09 bits per heavy atom. The molecule has 2 aromatic rings. The Bertz CT molecular complexity index is 622. The Morgan fingerprint density at radius 2 is 1.87 bits per heavy atom. The third-order valence-corrected chi connectivity index (χ3v) is 5.05. The molecule has 1 N–H and O–H groups in total. The van der Waals surface area contributed by atoms with E-state index in [1.807, 2.05) is 0 Å². The highest BCUT2D eigenvalue weighted by Crippen LogP contribution is 2.15. The maximum atomic E-state index is 3.53. The van der Waals surface area contributed by atoms with Crippen LogP contribution in [0.15, 0.2) is 60.8 Å². The zero-order valence-corrected chi connectivity index (χ0v) is 15.4. The fraction of sp³-hybridized carbons (Fsp3) is 0.300. The largest absolute Gasteiger partial charge is 0.372 e. The van der Waals surface area contributed by atoms with Gasteiger partial charge in [0, 0.05) is 29.2 Å². The summed E-state index contributed by atoms with van der Waals surface area (Å²) in [7, 11) is 0. The van der Waals surface area contributed by atoms with Gasteiger partial charge in [-0.05, 0) is 71.0 Å². The molecule has 2 nitrogen and oxygen atoms in total. The van der Waals surface area contributed by atoms with Gasteiger partial charge in [0.15, 0.2) is 0 Å². The number of piperazine rings is 1. The Balaban J connectivity index is 1.59. The predicted octanol–water partition coefficient (Wildman–Crippen LogP) is 4.17. The lowest BCUT2D eigenvalue weighted by atomic mass is 10.0. The van der Waals surface area contributed by atoms with E-state index in [4.69, 9.17) is 0 Å². The molecule has 1 fully saturated rings. The van der Waals surface area contributed by atoms with Crippen LogP contribution in [0.3, 0.4) is 0 Å². The summed E-state index contributed by atoms with van der Waals surface area (Å²) in [6.45, 7) is 3.23. The number of aryl methyl sites for hydroxylation is 1. The molecular formula is C20H23IN2. The molecule has 3 heteroatoms. The SMILES string of the molecule is Ic1ccc(CCC2CNCCN2C=Cc2ccccc2)cc1. The van der Waals surface area contributed by atoms with Gasteiger partial charge >= 0.3 is 0 Å². The van der Waals surface area contributed by atoms with Crippen molar-refractivity contribution in [2.75, 3.05) is 19.6 Å². The minimum Gasteiger partial charge on any atom is -0.372 e. The van der Waals surface area contributed by atoms with Gasteiger partial charge in [-0.1, -0.05) is 42.5 Å². The zero-order valence-electron chi connectivity index (χ0n) is 13.3. The summed E-state index contributed by atoms with van der Waals surface area (Å²) in [6.07, 6.45) is 6.82. The van der Waals surface area contributed by atoms with Gasteiger partial charge in [-0.15, -0.1) is 0 Å². The van der Waals surface area contributed by atoms with Crippen molar-refractivity contribution >= 4 is 28.7 Å². The van der Waals surface area contributed by atoms with Crippen LogP contribution in [-0.4, -0.2) is 30.6 Å². The highest BCUT2D eigenvalue weighted by molar-refractivity contribution is 14.1. The smallest absolute Gasteiger partial charge is 0.0412 e. The second kappa shape index (κ2) is 8.50. The van der Waals surface area contributed by atoms with Crippen LogP contribution < -0.4 is 5.32 Å². The average Bonchev–Trinajstić information content (AvgIpc) is 2.61. The van der Waals surface area contributed by atoms with Crippen LogP contribution in [0, 0.1) is 3.57 Å². The van der Waals surface area contributed by atoms with Crippen LogP contribution in [-0.2, 0) is 6.42 Å². The molecule has 0 spiro atoms. The van der Waals surface area contributed by atoms with Crippen molar-refractivity contribution in [3.63, 3.8) is 0 Å².